The molecule has 1 N–H and O–H groups in total. The van der Waals surface area contributed by atoms with E-state index in [1.54, 1.807) is 6.20 Å². The van der Waals surface area contributed by atoms with Gasteiger partial charge in [0, 0.05) is 44.9 Å². The first-order chi connectivity index (χ1) is 13.7. The van der Waals surface area contributed by atoms with Gasteiger partial charge in [-0.25, -0.2) is 4.98 Å². The van der Waals surface area contributed by atoms with Crippen LogP contribution in [0.4, 0.5) is 0 Å². The van der Waals surface area contributed by atoms with E-state index in [0.29, 0.717) is 23.8 Å². The summed E-state index contributed by atoms with van der Waals surface area (Å²) < 4.78 is 5.00. The Hall–Kier alpha value is -2.50. The maximum atomic E-state index is 11.6. The minimum absolute atomic E-state index is 0.189. The molecule has 0 radical (unpaired) electrons. The molecule has 0 amide bonds. The fraction of sp³-hybridized carbons (Fsp3) is 0.182. The van der Waals surface area contributed by atoms with Crippen LogP contribution in [0.3, 0.4) is 0 Å². The SMILES string of the molecule is CCOC(=O)CCSc1ncccc1-c1cc2c(cc1Cl)[nH]c1ccccc12. The number of fused-ring (bicyclic) bond motifs is 3. The van der Waals surface area contributed by atoms with Crippen LogP contribution in [0.25, 0.3) is 32.9 Å². The van der Waals surface area contributed by atoms with Gasteiger partial charge < -0.3 is 9.72 Å². The van der Waals surface area contributed by atoms with Gasteiger partial charge in [-0.15, -0.1) is 11.8 Å². The lowest BCUT2D eigenvalue weighted by molar-refractivity contribution is -0.142. The first kappa shape index (κ1) is 18.8. The minimum atomic E-state index is -0.189. The molecule has 28 heavy (non-hydrogen) atoms. The molecule has 0 unspecified atom stereocenters. The van der Waals surface area contributed by atoms with Crippen LogP contribution in [0.15, 0.2) is 59.8 Å². The summed E-state index contributed by atoms with van der Waals surface area (Å²) in [6, 6.07) is 16.2. The summed E-state index contributed by atoms with van der Waals surface area (Å²) in [5.41, 5.74) is 4.00. The molecule has 0 spiro atoms. The first-order valence-electron chi connectivity index (χ1n) is 9.11. The second kappa shape index (κ2) is 8.25. The van der Waals surface area contributed by atoms with E-state index in [9.17, 15) is 4.79 Å². The van der Waals surface area contributed by atoms with Crippen LogP contribution in [0.5, 0.6) is 0 Å². The number of carbonyl (C=O) groups excluding carboxylic acids is 1. The third-order valence-corrected chi connectivity index (χ3v) is 5.83. The molecule has 142 valence electrons. The summed E-state index contributed by atoms with van der Waals surface area (Å²) in [5, 5.41) is 3.81. The van der Waals surface area contributed by atoms with E-state index in [0.717, 1.165) is 38.0 Å². The fourth-order valence-corrected chi connectivity index (χ4v) is 4.45. The summed E-state index contributed by atoms with van der Waals surface area (Å²) in [5.74, 6) is 0.418. The van der Waals surface area contributed by atoms with Crippen molar-refractivity contribution in [2.75, 3.05) is 12.4 Å². The van der Waals surface area contributed by atoms with E-state index in [2.05, 4.69) is 28.2 Å². The Morgan fingerprint density at radius 2 is 1.96 bits per heavy atom. The number of ether oxygens (including phenoxy) is 1. The predicted molar refractivity (Wildman–Crippen MR) is 116 cm³/mol. The summed E-state index contributed by atoms with van der Waals surface area (Å²) in [6.07, 6.45) is 2.11. The van der Waals surface area contributed by atoms with E-state index in [4.69, 9.17) is 16.3 Å². The molecule has 0 aliphatic carbocycles. The molecule has 4 aromatic rings. The topological polar surface area (TPSA) is 55.0 Å². The number of halogens is 1. The normalized spacial score (nSPS) is 11.2. The second-order valence-electron chi connectivity index (χ2n) is 6.31. The zero-order chi connectivity index (χ0) is 19.5. The lowest BCUT2D eigenvalue weighted by atomic mass is 10.0. The van der Waals surface area contributed by atoms with Gasteiger partial charge in [-0.2, -0.15) is 0 Å². The van der Waals surface area contributed by atoms with Crippen LogP contribution in [-0.4, -0.2) is 28.3 Å². The predicted octanol–water partition coefficient (Wildman–Crippen LogP) is 6.08. The van der Waals surface area contributed by atoms with Crippen LogP contribution in [0.2, 0.25) is 5.02 Å². The van der Waals surface area contributed by atoms with Gasteiger partial charge in [0.05, 0.1) is 18.1 Å². The third-order valence-electron chi connectivity index (χ3n) is 4.51. The standard InChI is InChI=1S/C22H19ClN2O2S/c1-2-27-21(26)9-11-28-22-15(7-5-10-24-22)16-12-17-14-6-3-4-8-19(14)25-20(17)13-18(16)23/h3-8,10,12-13,25H,2,9,11H2,1H3. The van der Waals surface area contributed by atoms with Gasteiger partial charge in [-0.05, 0) is 31.2 Å². The number of pyridine rings is 1. The molecule has 2 heterocycles. The van der Waals surface area contributed by atoms with Gasteiger partial charge in [0.25, 0.3) is 0 Å². The van der Waals surface area contributed by atoms with E-state index in [-0.39, 0.29) is 5.97 Å². The number of aromatic amines is 1. The van der Waals surface area contributed by atoms with Crippen LogP contribution in [0, 0.1) is 0 Å². The molecule has 6 heteroatoms. The van der Waals surface area contributed by atoms with Gasteiger partial charge in [0.2, 0.25) is 0 Å². The van der Waals surface area contributed by atoms with Crippen molar-refractivity contribution >= 4 is 51.1 Å². The second-order valence-corrected chi connectivity index (χ2v) is 7.80. The molecule has 0 aliphatic rings. The van der Waals surface area contributed by atoms with Gasteiger partial charge in [0.15, 0.2) is 0 Å². The zero-order valence-electron chi connectivity index (χ0n) is 15.4. The van der Waals surface area contributed by atoms with Crippen molar-refractivity contribution in [2.45, 2.75) is 18.4 Å². The summed E-state index contributed by atoms with van der Waals surface area (Å²) in [7, 11) is 0. The molecule has 0 atom stereocenters. The van der Waals surface area contributed by atoms with Gasteiger partial charge in [-0.3, -0.25) is 4.79 Å². The van der Waals surface area contributed by atoms with Crippen molar-refractivity contribution in [3.63, 3.8) is 0 Å². The fourth-order valence-electron chi connectivity index (χ4n) is 3.25. The number of nitrogens with one attached hydrogen (secondary N) is 1. The summed E-state index contributed by atoms with van der Waals surface area (Å²) in [6.45, 7) is 2.21. The molecule has 0 bridgehead atoms. The number of H-pyrrole nitrogens is 1. The number of rotatable bonds is 6. The molecule has 4 nitrogen and oxygen atoms in total. The highest BCUT2D eigenvalue weighted by molar-refractivity contribution is 7.99. The van der Waals surface area contributed by atoms with Gasteiger partial charge >= 0.3 is 5.97 Å². The Labute approximate surface area is 172 Å². The van der Waals surface area contributed by atoms with Crippen LogP contribution >= 0.6 is 23.4 Å². The third kappa shape index (κ3) is 3.73. The molecule has 0 aliphatic heterocycles. The van der Waals surface area contributed by atoms with Gasteiger partial charge in [0.1, 0.15) is 5.03 Å². The van der Waals surface area contributed by atoms with Crippen molar-refractivity contribution in [3.05, 3.63) is 59.8 Å². The number of nitrogens with zero attached hydrogens (tertiary/aromatic N) is 1. The summed E-state index contributed by atoms with van der Waals surface area (Å²) in [4.78, 5) is 19.5. The largest absolute Gasteiger partial charge is 0.466 e. The molecule has 4 rings (SSSR count). The van der Waals surface area contributed by atoms with Crippen molar-refractivity contribution in [1.29, 1.82) is 0 Å². The number of para-hydroxylation sites is 1. The smallest absolute Gasteiger partial charge is 0.306 e. The Morgan fingerprint density at radius 3 is 2.82 bits per heavy atom. The van der Waals surface area contributed by atoms with E-state index >= 15 is 0 Å². The minimum Gasteiger partial charge on any atom is -0.466 e. The Morgan fingerprint density at radius 1 is 1.11 bits per heavy atom. The molecule has 0 fully saturated rings. The van der Waals surface area contributed by atoms with E-state index < -0.39 is 0 Å². The molecule has 0 saturated heterocycles. The maximum Gasteiger partial charge on any atom is 0.306 e. The van der Waals surface area contributed by atoms with Crippen molar-refractivity contribution < 1.29 is 9.53 Å². The van der Waals surface area contributed by atoms with Gasteiger partial charge in [-0.1, -0.05) is 35.9 Å². The average molecular weight is 411 g/mol. The zero-order valence-corrected chi connectivity index (χ0v) is 16.9. The Balaban J connectivity index is 1.70. The van der Waals surface area contributed by atoms with Crippen LogP contribution in [0.1, 0.15) is 13.3 Å². The monoisotopic (exact) mass is 410 g/mol. The number of aromatic nitrogens is 2. The molecular formula is C22H19ClN2O2S. The molecular weight excluding hydrogens is 392 g/mol. The average Bonchev–Trinajstić information content (AvgIpc) is 3.05. The highest BCUT2D eigenvalue weighted by Gasteiger charge is 2.14. The molecule has 2 aromatic heterocycles. The summed E-state index contributed by atoms with van der Waals surface area (Å²) >= 11 is 8.17. The number of hydrogen-bond donors (Lipinski definition) is 1. The maximum absolute atomic E-state index is 11.6. The first-order valence-corrected chi connectivity index (χ1v) is 10.5. The van der Waals surface area contributed by atoms with Crippen LogP contribution in [-0.2, 0) is 9.53 Å². The number of benzene rings is 2. The number of thioether (sulfide) groups is 1. The Bertz CT molecular complexity index is 1160. The van der Waals surface area contributed by atoms with Crippen molar-refractivity contribution in [3.8, 4) is 11.1 Å². The lowest BCUT2D eigenvalue weighted by Crippen LogP contribution is -2.04. The molecule has 2 aromatic carbocycles. The number of esters is 1. The van der Waals surface area contributed by atoms with E-state index in [1.807, 2.05) is 37.3 Å². The number of hydrogen-bond acceptors (Lipinski definition) is 4. The van der Waals surface area contributed by atoms with E-state index in [1.165, 1.54) is 11.8 Å². The lowest BCUT2D eigenvalue weighted by Gasteiger charge is -2.10. The van der Waals surface area contributed by atoms with Crippen LogP contribution < -0.4 is 0 Å². The van der Waals surface area contributed by atoms with Crippen molar-refractivity contribution in [1.82, 2.24) is 9.97 Å². The highest BCUT2D eigenvalue weighted by atomic mass is 35.5. The van der Waals surface area contributed by atoms with Crippen molar-refractivity contribution in [2.24, 2.45) is 0 Å². The number of carbonyl (C=O) groups is 1. The highest BCUT2D eigenvalue weighted by Crippen LogP contribution is 2.38. The Kier molecular flexibility index (Phi) is 5.55. The quantitative estimate of drug-likeness (QED) is 0.309. The molecule has 0 saturated carbocycles.